The Labute approximate surface area is 118 Å². The first-order valence-electron chi connectivity index (χ1n) is 6.67. The summed E-state index contributed by atoms with van der Waals surface area (Å²) in [4.78, 5) is 19.3. The first kappa shape index (κ1) is 14.0. The fourth-order valence-corrected chi connectivity index (χ4v) is 1.88. The third kappa shape index (κ3) is 3.54. The van der Waals surface area contributed by atoms with Gasteiger partial charge in [0.05, 0.1) is 0 Å². The van der Waals surface area contributed by atoms with E-state index in [-0.39, 0.29) is 5.69 Å². The van der Waals surface area contributed by atoms with E-state index in [0.717, 1.165) is 12.1 Å². The molecule has 0 radical (unpaired) electrons. The van der Waals surface area contributed by atoms with Gasteiger partial charge >= 0.3 is 0 Å². The van der Waals surface area contributed by atoms with Crippen LogP contribution in [0.15, 0.2) is 36.7 Å². The number of benzene rings is 1. The monoisotopic (exact) mass is 270 g/mol. The summed E-state index contributed by atoms with van der Waals surface area (Å²) in [7, 11) is 0. The molecule has 1 aromatic heterocycles. The maximum atomic E-state index is 11.3. The third-order valence-electron chi connectivity index (χ3n) is 2.97. The van der Waals surface area contributed by atoms with Crippen molar-refractivity contribution in [1.82, 2.24) is 9.97 Å². The summed E-state index contributed by atoms with van der Waals surface area (Å²) in [5.41, 5.74) is 7.56. The zero-order valence-electron chi connectivity index (χ0n) is 11.5. The van der Waals surface area contributed by atoms with Crippen molar-refractivity contribution in [2.45, 2.75) is 26.2 Å². The average Bonchev–Trinajstić information content (AvgIpc) is 2.47. The van der Waals surface area contributed by atoms with Crippen molar-refractivity contribution < 1.29 is 4.79 Å². The molecule has 0 aliphatic heterocycles. The lowest BCUT2D eigenvalue weighted by Crippen LogP contribution is -2.16. The van der Waals surface area contributed by atoms with Crippen LogP contribution in [0.3, 0.4) is 0 Å². The Kier molecular flexibility index (Phi) is 4.65. The summed E-state index contributed by atoms with van der Waals surface area (Å²) in [5, 5.41) is 3.06. The van der Waals surface area contributed by atoms with E-state index >= 15 is 0 Å². The number of aromatic nitrogens is 2. The SMILES string of the molecule is CCCCc1ccc(Nc2nccnc2C(N)=O)cc1. The number of hydrogen-bond donors (Lipinski definition) is 2. The standard InChI is InChI=1S/C15H18N4O/c1-2-3-4-11-5-7-12(8-6-11)19-15-13(14(16)20)17-9-10-18-15/h5-10H,2-4H2,1H3,(H2,16,20)(H,18,19). The molecule has 1 amide bonds. The number of rotatable bonds is 6. The van der Waals surface area contributed by atoms with E-state index in [1.165, 1.54) is 30.8 Å². The van der Waals surface area contributed by atoms with E-state index in [1.54, 1.807) is 0 Å². The second kappa shape index (κ2) is 6.65. The molecule has 104 valence electrons. The molecule has 0 aliphatic rings. The highest BCUT2D eigenvalue weighted by Crippen LogP contribution is 2.18. The number of primary amides is 1. The van der Waals surface area contributed by atoms with Crippen molar-refractivity contribution in [2.24, 2.45) is 5.73 Å². The molecule has 0 aliphatic carbocycles. The first-order valence-corrected chi connectivity index (χ1v) is 6.67. The number of hydrogen-bond acceptors (Lipinski definition) is 4. The molecule has 0 saturated heterocycles. The topological polar surface area (TPSA) is 80.9 Å². The number of aryl methyl sites for hydroxylation is 1. The number of nitrogens with one attached hydrogen (secondary N) is 1. The normalized spacial score (nSPS) is 10.2. The molecule has 0 unspecified atom stereocenters. The highest BCUT2D eigenvalue weighted by Gasteiger charge is 2.10. The zero-order chi connectivity index (χ0) is 14.4. The molecule has 0 fully saturated rings. The summed E-state index contributed by atoms with van der Waals surface area (Å²) in [6.07, 6.45) is 6.41. The Balaban J connectivity index is 2.12. The molecule has 1 aromatic carbocycles. The van der Waals surface area contributed by atoms with Gasteiger partial charge < -0.3 is 11.1 Å². The number of nitrogens with two attached hydrogens (primary N) is 1. The summed E-state index contributed by atoms with van der Waals surface area (Å²) >= 11 is 0. The quantitative estimate of drug-likeness (QED) is 0.845. The Morgan fingerprint density at radius 2 is 1.90 bits per heavy atom. The fourth-order valence-electron chi connectivity index (χ4n) is 1.88. The Morgan fingerprint density at radius 1 is 1.20 bits per heavy atom. The van der Waals surface area contributed by atoms with Gasteiger partial charge in [-0.25, -0.2) is 9.97 Å². The smallest absolute Gasteiger partial charge is 0.271 e. The minimum absolute atomic E-state index is 0.141. The van der Waals surface area contributed by atoms with Crippen LogP contribution in [-0.2, 0) is 6.42 Å². The van der Waals surface area contributed by atoms with Crippen molar-refractivity contribution in [3.63, 3.8) is 0 Å². The van der Waals surface area contributed by atoms with Crippen LogP contribution in [0.25, 0.3) is 0 Å². The van der Waals surface area contributed by atoms with Gasteiger partial charge in [0.1, 0.15) is 0 Å². The Bertz CT molecular complexity index is 581. The predicted molar refractivity (Wildman–Crippen MR) is 78.9 cm³/mol. The Hall–Kier alpha value is -2.43. The van der Waals surface area contributed by atoms with E-state index in [1.807, 2.05) is 12.1 Å². The van der Waals surface area contributed by atoms with E-state index in [4.69, 9.17) is 5.73 Å². The van der Waals surface area contributed by atoms with E-state index in [2.05, 4.69) is 34.3 Å². The maximum Gasteiger partial charge on any atom is 0.271 e. The van der Waals surface area contributed by atoms with Crippen LogP contribution in [0.2, 0.25) is 0 Å². The predicted octanol–water partition coefficient (Wildman–Crippen LogP) is 2.66. The highest BCUT2D eigenvalue weighted by atomic mass is 16.1. The second-order valence-corrected chi connectivity index (χ2v) is 4.54. The van der Waals surface area contributed by atoms with Gasteiger partial charge in [0.15, 0.2) is 11.5 Å². The van der Waals surface area contributed by atoms with Crippen LogP contribution in [0.4, 0.5) is 11.5 Å². The van der Waals surface area contributed by atoms with Gasteiger partial charge in [-0.05, 0) is 30.5 Å². The molecule has 2 rings (SSSR count). The van der Waals surface area contributed by atoms with E-state index in [9.17, 15) is 4.79 Å². The van der Waals surface area contributed by atoms with Gasteiger partial charge in [-0.1, -0.05) is 25.5 Å². The largest absolute Gasteiger partial charge is 0.364 e. The van der Waals surface area contributed by atoms with Gasteiger partial charge in [0.2, 0.25) is 0 Å². The summed E-state index contributed by atoms with van der Waals surface area (Å²) in [6, 6.07) is 8.06. The number of amides is 1. The lowest BCUT2D eigenvalue weighted by atomic mass is 10.1. The van der Waals surface area contributed by atoms with E-state index in [0.29, 0.717) is 5.82 Å². The number of carbonyl (C=O) groups is 1. The van der Waals surface area contributed by atoms with Crippen LogP contribution >= 0.6 is 0 Å². The number of nitrogens with zero attached hydrogens (tertiary/aromatic N) is 2. The summed E-state index contributed by atoms with van der Waals surface area (Å²) in [5.74, 6) is -0.221. The molecule has 20 heavy (non-hydrogen) atoms. The van der Waals surface area contributed by atoms with Crippen molar-refractivity contribution >= 4 is 17.4 Å². The van der Waals surface area contributed by atoms with Crippen LogP contribution in [0.5, 0.6) is 0 Å². The van der Waals surface area contributed by atoms with Gasteiger partial charge in [-0.3, -0.25) is 4.79 Å². The minimum atomic E-state index is -0.597. The van der Waals surface area contributed by atoms with Crippen molar-refractivity contribution in [3.05, 3.63) is 47.9 Å². The second-order valence-electron chi connectivity index (χ2n) is 4.54. The molecular weight excluding hydrogens is 252 g/mol. The van der Waals surface area contributed by atoms with Gasteiger partial charge in [-0.15, -0.1) is 0 Å². The van der Waals surface area contributed by atoms with Crippen LogP contribution in [-0.4, -0.2) is 15.9 Å². The summed E-state index contributed by atoms with van der Waals surface area (Å²) in [6.45, 7) is 2.18. The van der Waals surface area contributed by atoms with E-state index < -0.39 is 5.91 Å². The lowest BCUT2D eigenvalue weighted by Gasteiger charge is -2.08. The molecule has 0 bridgehead atoms. The number of carbonyl (C=O) groups excluding carboxylic acids is 1. The number of anilines is 2. The van der Waals surface area contributed by atoms with Gasteiger partial charge in [0, 0.05) is 18.1 Å². The molecule has 1 heterocycles. The Morgan fingerprint density at radius 3 is 2.55 bits per heavy atom. The summed E-state index contributed by atoms with van der Waals surface area (Å²) < 4.78 is 0. The molecule has 2 aromatic rings. The zero-order valence-corrected chi connectivity index (χ0v) is 11.5. The minimum Gasteiger partial charge on any atom is -0.364 e. The molecule has 3 N–H and O–H groups in total. The molecular formula is C15H18N4O. The van der Waals surface area contributed by atoms with Crippen LogP contribution in [0.1, 0.15) is 35.8 Å². The first-order chi connectivity index (χ1) is 9.70. The highest BCUT2D eigenvalue weighted by molar-refractivity contribution is 5.96. The maximum absolute atomic E-state index is 11.3. The fraction of sp³-hybridized carbons (Fsp3) is 0.267. The number of unbranched alkanes of at least 4 members (excludes halogenated alkanes) is 1. The molecule has 5 nitrogen and oxygen atoms in total. The third-order valence-corrected chi connectivity index (χ3v) is 2.97. The average molecular weight is 270 g/mol. The van der Waals surface area contributed by atoms with Crippen LogP contribution < -0.4 is 11.1 Å². The van der Waals surface area contributed by atoms with Crippen LogP contribution in [0, 0.1) is 0 Å². The van der Waals surface area contributed by atoms with Gasteiger partial charge in [0.25, 0.3) is 5.91 Å². The van der Waals surface area contributed by atoms with Crippen molar-refractivity contribution in [1.29, 1.82) is 0 Å². The molecule has 0 atom stereocenters. The van der Waals surface area contributed by atoms with Gasteiger partial charge in [-0.2, -0.15) is 0 Å². The molecule has 0 saturated carbocycles. The molecule has 0 spiro atoms. The van der Waals surface area contributed by atoms with Crippen molar-refractivity contribution in [3.8, 4) is 0 Å². The van der Waals surface area contributed by atoms with Crippen molar-refractivity contribution in [2.75, 3.05) is 5.32 Å². The lowest BCUT2D eigenvalue weighted by molar-refractivity contribution is 0.0996. The molecule has 5 heteroatoms.